The Kier molecular flexibility index (Phi) is 2.23. The van der Waals surface area contributed by atoms with Crippen molar-refractivity contribution in [3.63, 3.8) is 0 Å². The fourth-order valence-electron chi connectivity index (χ4n) is 0.858. The van der Waals surface area contributed by atoms with Crippen LogP contribution in [0.4, 0.5) is 0 Å². The van der Waals surface area contributed by atoms with Gasteiger partial charge in [0.1, 0.15) is 5.78 Å². The van der Waals surface area contributed by atoms with Crippen LogP contribution in [0, 0.1) is 0 Å². The van der Waals surface area contributed by atoms with Gasteiger partial charge in [0.05, 0.1) is 0 Å². The Labute approximate surface area is 67.4 Å². The molecule has 1 aromatic heterocycles. The van der Waals surface area contributed by atoms with Crippen molar-refractivity contribution in [2.24, 2.45) is 0 Å². The Morgan fingerprint density at radius 3 is 2.67 bits per heavy atom. The van der Waals surface area contributed by atoms with E-state index in [1.54, 1.807) is 0 Å². The Morgan fingerprint density at radius 1 is 1.42 bits per heavy atom. The molecule has 0 saturated heterocycles. The molecule has 0 unspecified atom stereocenters. The van der Waals surface area contributed by atoms with Crippen LogP contribution < -0.4 is 11.1 Å². The van der Waals surface area contributed by atoms with Crippen molar-refractivity contribution < 1.29 is 4.79 Å². The van der Waals surface area contributed by atoms with Crippen molar-refractivity contribution in [1.82, 2.24) is 10.2 Å². The molecular weight excluding hydrogens is 160 g/mol. The van der Waals surface area contributed by atoms with E-state index < -0.39 is 11.1 Å². The normalized spacial score (nSPS) is 9.75. The van der Waals surface area contributed by atoms with E-state index in [-0.39, 0.29) is 17.8 Å². The zero-order chi connectivity index (χ0) is 9.14. The molecule has 0 bridgehead atoms. The van der Waals surface area contributed by atoms with E-state index in [2.05, 4.69) is 10.2 Å². The lowest BCUT2D eigenvalue weighted by molar-refractivity contribution is -0.116. The predicted octanol–water partition coefficient (Wildman–Crippen LogP) is -0.805. The number of Topliss-reactive ketones (excluding diaryl/α,β-unsaturated/α-hetero) is 1. The van der Waals surface area contributed by atoms with E-state index >= 15 is 0 Å². The van der Waals surface area contributed by atoms with Crippen LogP contribution in [0.5, 0.6) is 0 Å². The number of hydrogen-bond acceptors (Lipinski definition) is 3. The zero-order valence-corrected chi connectivity index (χ0v) is 6.51. The minimum Gasteiger partial charge on any atom is -0.300 e. The first kappa shape index (κ1) is 8.45. The molecule has 0 aliphatic rings. The molecule has 12 heavy (non-hydrogen) atoms. The molecule has 64 valence electrons. The zero-order valence-electron chi connectivity index (χ0n) is 6.51. The number of aromatic nitrogens is 2. The van der Waals surface area contributed by atoms with Crippen LogP contribution in [0.2, 0.25) is 0 Å². The van der Waals surface area contributed by atoms with E-state index in [1.165, 1.54) is 6.92 Å². The highest BCUT2D eigenvalue weighted by atomic mass is 16.1. The van der Waals surface area contributed by atoms with Crippen LogP contribution in [0.1, 0.15) is 12.5 Å². The van der Waals surface area contributed by atoms with E-state index in [4.69, 9.17) is 0 Å². The molecule has 1 rings (SSSR count). The average molecular weight is 168 g/mol. The first-order valence-corrected chi connectivity index (χ1v) is 3.40. The molecular formula is C7H8N2O3. The summed E-state index contributed by atoms with van der Waals surface area (Å²) in [5.74, 6) is -0.147. The number of hydrogen-bond donors (Lipinski definition) is 2. The van der Waals surface area contributed by atoms with Crippen molar-refractivity contribution in [1.29, 1.82) is 0 Å². The van der Waals surface area contributed by atoms with Crippen LogP contribution in [-0.4, -0.2) is 16.0 Å². The van der Waals surface area contributed by atoms with Crippen molar-refractivity contribution in [3.05, 3.63) is 32.3 Å². The summed E-state index contributed by atoms with van der Waals surface area (Å²) in [6, 6.07) is 1.13. The highest BCUT2D eigenvalue weighted by molar-refractivity contribution is 5.77. The smallest absolute Gasteiger partial charge is 0.266 e. The van der Waals surface area contributed by atoms with Gasteiger partial charge in [0.25, 0.3) is 11.1 Å². The summed E-state index contributed by atoms with van der Waals surface area (Å²) in [7, 11) is 0. The van der Waals surface area contributed by atoms with Crippen LogP contribution in [-0.2, 0) is 11.2 Å². The minimum absolute atomic E-state index is 0.000741. The number of aromatic amines is 2. The van der Waals surface area contributed by atoms with Crippen LogP contribution in [0.15, 0.2) is 15.7 Å². The van der Waals surface area contributed by atoms with E-state index in [1.807, 2.05) is 0 Å². The number of rotatable bonds is 2. The summed E-state index contributed by atoms with van der Waals surface area (Å²) < 4.78 is 0. The molecule has 0 aliphatic heterocycles. The van der Waals surface area contributed by atoms with Gasteiger partial charge < -0.3 is 0 Å². The number of carbonyl (C=O) groups excluding carboxylic acids is 1. The predicted molar refractivity (Wildman–Crippen MR) is 42.1 cm³/mol. The highest BCUT2D eigenvalue weighted by Gasteiger charge is 2.02. The van der Waals surface area contributed by atoms with Gasteiger partial charge in [-0.2, -0.15) is 0 Å². The first-order valence-electron chi connectivity index (χ1n) is 3.40. The largest absolute Gasteiger partial charge is 0.300 e. The molecule has 0 fully saturated rings. The van der Waals surface area contributed by atoms with Crippen molar-refractivity contribution in [2.45, 2.75) is 13.3 Å². The summed E-state index contributed by atoms with van der Waals surface area (Å²) in [6.45, 7) is 1.36. The fourth-order valence-corrected chi connectivity index (χ4v) is 0.858. The Bertz CT molecular complexity index is 402. The lowest BCUT2D eigenvalue weighted by Gasteiger charge is -1.93. The van der Waals surface area contributed by atoms with Crippen molar-refractivity contribution >= 4 is 5.78 Å². The van der Waals surface area contributed by atoms with Gasteiger partial charge in [0.15, 0.2) is 0 Å². The molecule has 1 aromatic rings. The number of H-pyrrole nitrogens is 2. The quantitative estimate of drug-likeness (QED) is 0.606. The molecule has 5 nitrogen and oxygen atoms in total. The number of carbonyl (C=O) groups is 1. The van der Waals surface area contributed by atoms with Gasteiger partial charge in [0.2, 0.25) is 0 Å². The molecule has 0 radical (unpaired) electrons. The summed E-state index contributed by atoms with van der Waals surface area (Å²) in [6.07, 6.45) is -0.000741. The van der Waals surface area contributed by atoms with E-state index in [0.717, 1.165) is 6.07 Å². The van der Waals surface area contributed by atoms with Gasteiger partial charge in [0, 0.05) is 18.1 Å². The topological polar surface area (TPSA) is 82.8 Å². The molecule has 0 atom stereocenters. The number of ketones is 1. The Balaban J connectivity index is 3.14. The van der Waals surface area contributed by atoms with Crippen LogP contribution >= 0.6 is 0 Å². The van der Waals surface area contributed by atoms with Crippen LogP contribution in [0.25, 0.3) is 0 Å². The fraction of sp³-hybridized carbons (Fsp3) is 0.286. The van der Waals surface area contributed by atoms with Gasteiger partial charge in [-0.3, -0.25) is 24.6 Å². The van der Waals surface area contributed by atoms with Gasteiger partial charge >= 0.3 is 0 Å². The molecule has 0 spiro atoms. The molecule has 0 aromatic carbocycles. The molecule has 0 amide bonds. The lowest BCUT2D eigenvalue weighted by atomic mass is 10.2. The average Bonchev–Trinajstić information content (AvgIpc) is 1.96. The third kappa shape index (κ3) is 1.91. The SMILES string of the molecule is CC(=O)Cc1cc(=O)[nH][nH]c1=O. The van der Waals surface area contributed by atoms with Gasteiger partial charge in [-0.15, -0.1) is 0 Å². The van der Waals surface area contributed by atoms with E-state index in [0.29, 0.717) is 0 Å². The standard InChI is InChI=1S/C7H8N2O3/c1-4(10)2-5-3-6(11)8-9-7(5)12/h3H,2H2,1H3,(H,8,11)(H,9,12). The highest BCUT2D eigenvalue weighted by Crippen LogP contribution is 1.86. The maximum absolute atomic E-state index is 10.9. The maximum atomic E-state index is 10.9. The monoisotopic (exact) mass is 168 g/mol. The lowest BCUT2D eigenvalue weighted by Crippen LogP contribution is -2.23. The second-order valence-electron chi connectivity index (χ2n) is 2.49. The van der Waals surface area contributed by atoms with Crippen molar-refractivity contribution in [3.8, 4) is 0 Å². The summed E-state index contributed by atoms with van der Waals surface area (Å²) in [5.41, 5.74) is -0.637. The van der Waals surface area contributed by atoms with E-state index in [9.17, 15) is 14.4 Å². The maximum Gasteiger partial charge on any atom is 0.266 e. The third-order valence-electron chi connectivity index (χ3n) is 1.34. The molecule has 0 saturated carbocycles. The summed E-state index contributed by atoms with van der Waals surface area (Å²) >= 11 is 0. The Morgan fingerprint density at radius 2 is 2.08 bits per heavy atom. The molecule has 0 aliphatic carbocycles. The molecule has 5 heteroatoms. The molecule has 2 N–H and O–H groups in total. The summed E-state index contributed by atoms with van der Waals surface area (Å²) in [4.78, 5) is 32.2. The van der Waals surface area contributed by atoms with Gasteiger partial charge in [-0.25, -0.2) is 0 Å². The second kappa shape index (κ2) is 3.17. The van der Waals surface area contributed by atoms with Gasteiger partial charge in [-0.05, 0) is 6.92 Å². The molecule has 1 heterocycles. The second-order valence-corrected chi connectivity index (χ2v) is 2.49. The minimum atomic E-state index is -0.426. The van der Waals surface area contributed by atoms with Crippen LogP contribution in [0.3, 0.4) is 0 Å². The summed E-state index contributed by atoms with van der Waals surface area (Å²) in [5, 5.41) is 4.24. The number of nitrogens with one attached hydrogen (secondary N) is 2. The third-order valence-corrected chi connectivity index (χ3v) is 1.34. The Hall–Kier alpha value is -1.65. The van der Waals surface area contributed by atoms with Crippen molar-refractivity contribution in [2.75, 3.05) is 0 Å². The first-order chi connectivity index (χ1) is 5.59. The van der Waals surface area contributed by atoms with Gasteiger partial charge in [-0.1, -0.05) is 0 Å².